The van der Waals surface area contributed by atoms with E-state index in [-0.39, 0.29) is 18.6 Å². The van der Waals surface area contributed by atoms with Crippen molar-refractivity contribution < 1.29 is 19.1 Å². The highest BCUT2D eigenvalue weighted by atomic mass is 16.6. The van der Waals surface area contributed by atoms with Crippen LogP contribution in [-0.4, -0.2) is 68.4 Å². The molecule has 0 radical (unpaired) electrons. The van der Waals surface area contributed by atoms with Gasteiger partial charge in [0.15, 0.2) is 18.1 Å². The normalized spacial score (nSPS) is 14.6. The van der Waals surface area contributed by atoms with Crippen molar-refractivity contribution in [2.75, 3.05) is 47.0 Å². The number of piperazine rings is 1. The third kappa shape index (κ3) is 6.04. The molecule has 3 aromatic rings. The number of ether oxygens (including phenoxy) is 2. The van der Waals surface area contributed by atoms with Crippen LogP contribution in [0.5, 0.6) is 11.5 Å². The van der Waals surface area contributed by atoms with Crippen LogP contribution in [0.15, 0.2) is 84.0 Å². The first-order valence-electron chi connectivity index (χ1n) is 12.1. The molecule has 1 aliphatic rings. The molecule has 1 saturated heterocycles. The number of rotatable bonds is 9. The fraction of sp³-hybridized carbons (Fsp3) is 0.310. The van der Waals surface area contributed by atoms with Gasteiger partial charge in [0.1, 0.15) is 0 Å². The van der Waals surface area contributed by atoms with Gasteiger partial charge in [-0.05, 0) is 36.2 Å². The fourth-order valence-corrected chi connectivity index (χ4v) is 4.50. The first-order valence-corrected chi connectivity index (χ1v) is 12.1. The van der Waals surface area contributed by atoms with Gasteiger partial charge in [0, 0.05) is 31.7 Å². The van der Waals surface area contributed by atoms with Gasteiger partial charge in [0.05, 0.1) is 26.0 Å². The summed E-state index contributed by atoms with van der Waals surface area (Å²) in [5.74, 6) is 1.20. The number of benzene rings is 3. The molecule has 0 spiro atoms. The van der Waals surface area contributed by atoms with E-state index in [0.717, 1.165) is 18.7 Å². The van der Waals surface area contributed by atoms with Crippen molar-refractivity contribution in [1.82, 2.24) is 9.80 Å². The standard InChI is InChI=1S/C29H33N3O4/c1-22(25-14-15-26(34-2)27(20-25)35-3)30-36-21-28(33)31-16-18-32(19-17-31)29(23-10-6-4-7-11-23)24-12-8-5-9-13-24/h4-15,20,29H,16-19,21H2,1-3H3. The van der Waals surface area contributed by atoms with E-state index in [1.807, 2.05) is 42.2 Å². The second kappa shape index (κ2) is 12.2. The first-order chi connectivity index (χ1) is 17.6. The van der Waals surface area contributed by atoms with Gasteiger partial charge in [-0.1, -0.05) is 65.8 Å². The largest absolute Gasteiger partial charge is 0.493 e. The number of carbonyl (C=O) groups is 1. The number of carbonyl (C=O) groups excluding carboxylic acids is 1. The molecule has 1 fully saturated rings. The van der Waals surface area contributed by atoms with Crippen LogP contribution in [0, 0.1) is 0 Å². The zero-order valence-corrected chi connectivity index (χ0v) is 21.1. The van der Waals surface area contributed by atoms with Crippen LogP contribution in [0.1, 0.15) is 29.7 Å². The van der Waals surface area contributed by atoms with Crippen LogP contribution in [-0.2, 0) is 9.63 Å². The number of hydrogen-bond donors (Lipinski definition) is 0. The highest BCUT2D eigenvalue weighted by molar-refractivity contribution is 5.99. The Hall–Kier alpha value is -3.84. The van der Waals surface area contributed by atoms with Gasteiger partial charge < -0.3 is 19.2 Å². The molecule has 0 saturated carbocycles. The third-order valence-corrected chi connectivity index (χ3v) is 6.45. The molecule has 1 amide bonds. The maximum absolute atomic E-state index is 12.8. The Kier molecular flexibility index (Phi) is 8.57. The van der Waals surface area contributed by atoms with Gasteiger partial charge in [0.2, 0.25) is 0 Å². The number of amides is 1. The van der Waals surface area contributed by atoms with Gasteiger partial charge in [0.25, 0.3) is 5.91 Å². The van der Waals surface area contributed by atoms with E-state index >= 15 is 0 Å². The topological polar surface area (TPSA) is 63.6 Å². The summed E-state index contributed by atoms with van der Waals surface area (Å²) in [6.07, 6.45) is 0. The van der Waals surface area contributed by atoms with Crippen molar-refractivity contribution >= 4 is 11.6 Å². The molecule has 0 unspecified atom stereocenters. The summed E-state index contributed by atoms with van der Waals surface area (Å²) in [6.45, 7) is 4.61. The summed E-state index contributed by atoms with van der Waals surface area (Å²) < 4.78 is 10.6. The number of hydrogen-bond acceptors (Lipinski definition) is 6. The Morgan fingerprint density at radius 3 is 1.97 bits per heavy atom. The first kappa shape index (κ1) is 25.3. The molecule has 0 atom stereocenters. The zero-order chi connectivity index (χ0) is 25.3. The quantitative estimate of drug-likeness (QED) is 0.331. The van der Waals surface area contributed by atoms with Crippen molar-refractivity contribution in [2.24, 2.45) is 5.16 Å². The number of oxime groups is 1. The summed E-state index contributed by atoms with van der Waals surface area (Å²) in [7, 11) is 3.18. The van der Waals surface area contributed by atoms with E-state index in [1.54, 1.807) is 14.2 Å². The second-order valence-corrected chi connectivity index (χ2v) is 8.66. The minimum Gasteiger partial charge on any atom is -0.493 e. The van der Waals surface area contributed by atoms with E-state index < -0.39 is 0 Å². The SMILES string of the molecule is COc1ccc(C(C)=NOCC(=O)N2CCN(C(c3ccccc3)c3ccccc3)CC2)cc1OC. The molecule has 4 rings (SSSR count). The van der Waals surface area contributed by atoms with Crippen LogP contribution in [0.25, 0.3) is 0 Å². The Morgan fingerprint density at radius 1 is 0.833 bits per heavy atom. The van der Waals surface area contributed by atoms with E-state index in [2.05, 4.69) is 58.6 Å². The summed E-state index contributed by atoms with van der Waals surface area (Å²) in [6, 6.07) is 26.7. The summed E-state index contributed by atoms with van der Waals surface area (Å²) in [5.41, 5.74) is 4.00. The summed E-state index contributed by atoms with van der Waals surface area (Å²) in [5, 5.41) is 4.14. The van der Waals surface area contributed by atoms with E-state index in [0.29, 0.717) is 30.3 Å². The average Bonchev–Trinajstić information content (AvgIpc) is 2.94. The maximum atomic E-state index is 12.8. The molecule has 7 nitrogen and oxygen atoms in total. The third-order valence-electron chi connectivity index (χ3n) is 6.45. The second-order valence-electron chi connectivity index (χ2n) is 8.66. The van der Waals surface area contributed by atoms with Gasteiger partial charge in [-0.15, -0.1) is 0 Å². The van der Waals surface area contributed by atoms with Gasteiger partial charge in [-0.3, -0.25) is 9.69 Å². The highest BCUT2D eigenvalue weighted by Crippen LogP contribution is 2.30. The smallest absolute Gasteiger partial charge is 0.263 e. The molecule has 36 heavy (non-hydrogen) atoms. The molecule has 7 heteroatoms. The van der Waals surface area contributed by atoms with E-state index in [1.165, 1.54) is 11.1 Å². The molecule has 1 aliphatic heterocycles. The van der Waals surface area contributed by atoms with Gasteiger partial charge >= 0.3 is 0 Å². The van der Waals surface area contributed by atoms with Gasteiger partial charge in [-0.25, -0.2) is 0 Å². The lowest BCUT2D eigenvalue weighted by atomic mass is 9.96. The lowest BCUT2D eigenvalue weighted by molar-refractivity contribution is -0.138. The summed E-state index contributed by atoms with van der Waals surface area (Å²) in [4.78, 5) is 22.5. The lowest BCUT2D eigenvalue weighted by Crippen LogP contribution is -2.50. The number of nitrogens with zero attached hydrogens (tertiary/aromatic N) is 3. The Bertz CT molecular complexity index is 1120. The monoisotopic (exact) mass is 487 g/mol. The van der Waals surface area contributed by atoms with Crippen molar-refractivity contribution in [3.63, 3.8) is 0 Å². The van der Waals surface area contributed by atoms with Crippen LogP contribution >= 0.6 is 0 Å². The molecule has 1 heterocycles. The van der Waals surface area contributed by atoms with Crippen LogP contribution in [0.4, 0.5) is 0 Å². The predicted molar refractivity (Wildman–Crippen MR) is 141 cm³/mol. The van der Waals surface area contributed by atoms with Crippen molar-refractivity contribution in [1.29, 1.82) is 0 Å². The molecule has 0 bridgehead atoms. The van der Waals surface area contributed by atoms with Crippen molar-refractivity contribution in [2.45, 2.75) is 13.0 Å². The lowest BCUT2D eigenvalue weighted by Gasteiger charge is -2.39. The Balaban J connectivity index is 1.34. The minimum absolute atomic E-state index is 0.0607. The zero-order valence-electron chi connectivity index (χ0n) is 21.1. The average molecular weight is 488 g/mol. The molecular weight excluding hydrogens is 454 g/mol. The van der Waals surface area contributed by atoms with Crippen molar-refractivity contribution in [3.8, 4) is 11.5 Å². The van der Waals surface area contributed by atoms with E-state index in [9.17, 15) is 4.79 Å². The Morgan fingerprint density at radius 2 is 1.42 bits per heavy atom. The highest BCUT2D eigenvalue weighted by Gasteiger charge is 2.28. The van der Waals surface area contributed by atoms with Gasteiger partial charge in [-0.2, -0.15) is 0 Å². The molecule has 0 aliphatic carbocycles. The molecule has 0 aromatic heterocycles. The summed E-state index contributed by atoms with van der Waals surface area (Å²) >= 11 is 0. The predicted octanol–water partition coefficient (Wildman–Crippen LogP) is 4.38. The fourth-order valence-electron chi connectivity index (χ4n) is 4.50. The minimum atomic E-state index is -0.0918. The molecular formula is C29H33N3O4. The van der Waals surface area contributed by atoms with Crippen LogP contribution in [0.3, 0.4) is 0 Å². The molecule has 188 valence electrons. The van der Waals surface area contributed by atoms with Crippen LogP contribution < -0.4 is 9.47 Å². The maximum Gasteiger partial charge on any atom is 0.263 e. The van der Waals surface area contributed by atoms with Crippen molar-refractivity contribution in [3.05, 3.63) is 95.6 Å². The number of methoxy groups -OCH3 is 2. The van der Waals surface area contributed by atoms with Crippen LogP contribution in [0.2, 0.25) is 0 Å². The molecule has 3 aromatic carbocycles. The van der Waals surface area contributed by atoms with E-state index in [4.69, 9.17) is 14.3 Å². The molecule has 0 N–H and O–H groups in total. The Labute approximate surface area is 212 Å².